The average molecular weight is 238 g/mol. The van der Waals surface area contributed by atoms with Crippen molar-refractivity contribution in [3.8, 4) is 0 Å². The topological polar surface area (TPSA) is 30.5 Å². The van der Waals surface area contributed by atoms with E-state index in [0.29, 0.717) is 19.8 Å². The molecule has 0 unspecified atom stereocenters. The summed E-state index contributed by atoms with van der Waals surface area (Å²) in [5, 5.41) is 3.15. The molecule has 0 saturated carbocycles. The predicted octanol–water partition coefficient (Wildman–Crippen LogP) is 1.15. The zero-order chi connectivity index (χ0) is 9.23. The maximum absolute atomic E-state index is 5.22. The first-order valence-electron chi connectivity index (χ1n) is 3.88. The van der Waals surface area contributed by atoms with Gasteiger partial charge in [-0.05, 0) is 0 Å². The van der Waals surface area contributed by atoms with Crippen molar-refractivity contribution in [3.05, 3.63) is 11.1 Å². The van der Waals surface area contributed by atoms with Crippen molar-refractivity contribution in [3.63, 3.8) is 0 Å². The predicted molar refractivity (Wildman–Crippen MR) is 53.6 cm³/mol. The van der Waals surface area contributed by atoms with Gasteiger partial charge in [-0.1, -0.05) is 22.5 Å². The molecule has 0 fully saturated rings. The molecule has 72 valence electrons. The van der Waals surface area contributed by atoms with Crippen LogP contribution in [0.3, 0.4) is 0 Å². The van der Waals surface area contributed by atoms with Crippen LogP contribution < -0.4 is 5.32 Å². The van der Waals surface area contributed by atoms with Crippen LogP contribution >= 0.6 is 15.9 Å². The molecule has 3 nitrogen and oxygen atoms in total. The summed E-state index contributed by atoms with van der Waals surface area (Å²) in [5.41, 5.74) is 0. The smallest absolute Gasteiger partial charge is 0.0700 e. The molecule has 0 heterocycles. The highest BCUT2D eigenvalue weighted by Crippen LogP contribution is 1.95. The van der Waals surface area contributed by atoms with Crippen LogP contribution in [0.25, 0.3) is 0 Å². The van der Waals surface area contributed by atoms with E-state index >= 15 is 0 Å². The Morgan fingerprint density at radius 1 is 1.42 bits per heavy atom. The molecule has 12 heavy (non-hydrogen) atoms. The quantitative estimate of drug-likeness (QED) is 0.643. The minimum atomic E-state index is 0.658. The van der Waals surface area contributed by atoms with Crippen LogP contribution in [0.15, 0.2) is 11.1 Å². The molecule has 0 aromatic carbocycles. The van der Waals surface area contributed by atoms with Crippen LogP contribution in [0.4, 0.5) is 0 Å². The Morgan fingerprint density at radius 3 is 2.75 bits per heavy atom. The highest BCUT2D eigenvalue weighted by Gasteiger charge is 1.89. The van der Waals surface area contributed by atoms with E-state index in [4.69, 9.17) is 9.47 Å². The summed E-state index contributed by atoms with van der Waals surface area (Å²) in [5.74, 6) is 0. The summed E-state index contributed by atoms with van der Waals surface area (Å²) in [4.78, 5) is 0. The summed E-state index contributed by atoms with van der Waals surface area (Å²) in [6.07, 6.45) is 0. The second-order valence-electron chi connectivity index (χ2n) is 2.30. The van der Waals surface area contributed by atoms with Gasteiger partial charge in [0.2, 0.25) is 0 Å². The third-order valence-corrected chi connectivity index (χ3v) is 1.45. The molecule has 0 aliphatic heterocycles. The SMILES string of the molecule is C=C(Br)CNCCOCCOC. The van der Waals surface area contributed by atoms with E-state index in [1.165, 1.54) is 0 Å². The number of methoxy groups -OCH3 is 1. The Morgan fingerprint density at radius 2 is 2.17 bits per heavy atom. The molecule has 0 rings (SSSR count). The van der Waals surface area contributed by atoms with Crippen molar-refractivity contribution in [1.82, 2.24) is 5.32 Å². The van der Waals surface area contributed by atoms with E-state index in [1.54, 1.807) is 7.11 Å². The molecule has 0 saturated heterocycles. The zero-order valence-corrected chi connectivity index (χ0v) is 9.02. The molecule has 4 heteroatoms. The molecular formula is C8H16BrNO2. The Kier molecular flexibility index (Phi) is 9.27. The van der Waals surface area contributed by atoms with Gasteiger partial charge in [0.15, 0.2) is 0 Å². The molecule has 0 bridgehead atoms. The molecular weight excluding hydrogens is 222 g/mol. The van der Waals surface area contributed by atoms with Crippen molar-refractivity contribution < 1.29 is 9.47 Å². The van der Waals surface area contributed by atoms with Crippen LogP contribution in [0, 0.1) is 0 Å². The maximum Gasteiger partial charge on any atom is 0.0700 e. The fraction of sp³-hybridized carbons (Fsp3) is 0.750. The van der Waals surface area contributed by atoms with Crippen molar-refractivity contribution in [2.75, 3.05) is 40.0 Å². The van der Waals surface area contributed by atoms with Gasteiger partial charge in [-0.2, -0.15) is 0 Å². The van der Waals surface area contributed by atoms with E-state index in [2.05, 4.69) is 27.8 Å². The molecule has 0 spiro atoms. The summed E-state index contributed by atoms with van der Waals surface area (Å²) in [6.45, 7) is 7.35. The Hall–Kier alpha value is 0.1000. The minimum Gasteiger partial charge on any atom is -0.382 e. The molecule has 0 aliphatic rings. The van der Waals surface area contributed by atoms with Gasteiger partial charge in [0, 0.05) is 24.7 Å². The summed E-state index contributed by atoms with van der Waals surface area (Å²) < 4.78 is 11.0. The number of ether oxygens (including phenoxy) is 2. The summed E-state index contributed by atoms with van der Waals surface area (Å²) in [7, 11) is 1.66. The molecule has 0 aliphatic carbocycles. The average Bonchev–Trinajstić information content (AvgIpc) is 2.02. The van der Waals surface area contributed by atoms with Crippen LogP contribution in [-0.4, -0.2) is 40.0 Å². The van der Waals surface area contributed by atoms with Crippen LogP contribution in [0.1, 0.15) is 0 Å². The van der Waals surface area contributed by atoms with Crippen LogP contribution in [-0.2, 0) is 9.47 Å². The Labute approximate surface area is 82.2 Å². The highest BCUT2D eigenvalue weighted by molar-refractivity contribution is 9.11. The number of hydrogen-bond donors (Lipinski definition) is 1. The Balaban J connectivity index is 2.86. The lowest BCUT2D eigenvalue weighted by Gasteiger charge is -2.04. The number of rotatable bonds is 8. The fourth-order valence-corrected chi connectivity index (χ4v) is 0.811. The lowest BCUT2D eigenvalue weighted by Crippen LogP contribution is -2.21. The molecule has 0 aromatic rings. The second-order valence-corrected chi connectivity index (χ2v) is 3.42. The molecule has 0 atom stereocenters. The lowest BCUT2D eigenvalue weighted by molar-refractivity contribution is 0.0723. The fourth-order valence-electron chi connectivity index (χ4n) is 0.613. The molecule has 0 radical (unpaired) electrons. The van der Waals surface area contributed by atoms with Gasteiger partial charge in [0.25, 0.3) is 0 Å². The van der Waals surface area contributed by atoms with Gasteiger partial charge in [-0.15, -0.1) is 0 Å². The van der Waals surface area contributed by atoms with E-state index in [0.717, 1.165) is 17.6 Å². The third kappa shape index (κ3) is 10.1. The first-order valence-corrected chi connectivity index (χ1v) is 4.67. The first kappa shape index (κ1) is 12.1. The van der Waals surface area contributed by atoms with Gasteiger partial charge >= 0.3 is 0 Å². The number of nitrogens with one attached hydrogen (secondary N) is 1. The standard InChI is InChI=1S/C8H16BrNO2/c1-8(9)7-10-3-4-12-6-5-11-2/h10H,1,3-7H2,2H3. The van der Waals surface area contributed by atoms with Crippen molar-refractivity contribution in [2.45, 2.75) is 0 Å². The van der Waals surface area contributed by atoms with E-state index in [1.807, 2.05) is 0 Å². The molecule has 0 amide bonds. The van der Waals surface area contributed by atoms with Gasteiger partial charge in [0.05, 0.1) is 19.8 Å². The van der Waals surface area contributed by atoms with E-state index in [-0.39, 0.29) is 0 Å². The third-order valence-electron chi connectivity index (χ3n) is 1.17. The molecule has 1 N–H and O–H groups in total. The van der Waals surface area contributed by atoms with Crippen molar-refractivity contribution in [2.24, 2.45) is 0 Å². The monoisotopic (exact) mass is 237 g/mol. The van der Waals surface area contributed by atoms with Crippen molar-refractivity contribution in [1.29, 1.82) is 0 Å². The number of hydrogen-bond acceptors (Lipinski definition) is 3. The molecule has 0 aromatic heterocycles. The normalized spacial score (nSPS) is 10.2. The minimum absolute atomic E-state index is 0.658. The zero-order valence-electron chi connectivity index (χ0n) is 7.44. The van der Waals surface area contributed by atoms with Gasteiger partial charge in [-0.25, -0.2) is 0 Å². The van der Waals surface area contributed by atoms with Crippen molar-refractivity contribution >= 4 is 15.9 Å². The summed E-state index contributed by atoms with van der Waals surface area (Å²) in [6, 6.07) is 0. The van der Waals surface area contributed by atoms with Gasteiger partial charge in [-0.3, -0.25) is 0 Å². The first-order chi connectivity index (χ1) is 5.77. The number of halogens is 1. The highest BCUT2D eigenvalue weighted by atomic mass is 79.9. The Bertz CT molecular complexity index is 120. The van der Waals surface area contributed by atoms with Gasteiger partial charge < -0.3 is 14.8 Å². The van der Waals surface area contributed by atoms with Gasteiger partial charge in [0.1, 0.15) is 0 Å². The second kappa shape index (κ2) is 9.19. The van der Waals surface area contributed by atoms with E-state index < -0.39 is 0 Å². The van der Waals surface area contributed by atoms with Crippen LogP contribution in [0.2, 0.25) is 0 Å². The summed E-state index contributed by atoms with van der Waals surface area (Å²) >= 11 is 3.25. The van der Waals surface area contributed by atoms with E-state index in [9.17, 15) is 0 Å². The maximum atomic E-state index is 5.22. The lowest BCUT2D eigenvalue weighted by atomic mass is 10.6. The largest absolute Gasteiger partial charge is 0.382 e. The van der Waals surface area contributed by atoms with Crippen LogP contribution in [0.5, 0.6) is 0 Å².